The van der Waals surface area contributed by atoms with Crippen molar-refractivity contribution in [2.75, 3.05) is 19.6 Å². The number of nitrogens with zero attached hydrogens (tertiary/aromatic N) is 1. The molecule has 0 bridgehead atoms. The fraction of sp³-hybridized carbons (Fsp3) is 0.650. The second-order valence-electron chi connectivity index (χ2n) is 8.05. The molecule has 3 N–H and O–H groups in total. The summed E-state index contributed by atoms with van der Waals surface area (Å²) in [5, 5.41) is 3.14. The van der Waals surface area contributed by atoms with E-state index in [9.17, 15) is 4.79 Å². The van der Waals surface area contributed by atoms with Crippen molar-refractivity contribution < 1.29 is 4.79 Å². The molecule has 1 heterocycles. The van der Waals surface area contributed by atoms with Gasteiger partial charge < -0.3 is 11.1 Å². The molecule has 1 saturated carbocycles. The quantitative estimate of drug-likeness (QED) is 0.887. The average Bonchev–Trinajstić information content (AvgIpc) is 3.31. The SMILES string of the molecule is NC1(C(=O)NC[C@@H]2CCN(C3Cc4ccccc4C3)C2)CCCC1. The van der Waals surface area contributed by atoms with E-state index >= 15 is 0 Å². The van der Waals surface area contributed by atoms with Crippen LogP contribution in [0.25, 0.3) is 0 Å². The van der Waals surface area contributed by atoms with E-state index in [4.69, 9.17) is 5.73 Å². The van der Waals surface area contributed by atoms with E-state index in [0.717, 1.165) is 45.3 Å². The van der Waals surface area contributed by atoms with E-state index in [1.54, 1.807) is 0 Å². The fourth-order valence-corrected chi connectivity index (χ4v) is 4.80. The van der Waals surface area contributed by atoms with Gasteiger partial charge in [0.1, 0.15) is 0 Å². The Balaban J connectivity index is 1.26. The molecule has 1 aromatic rings. The Bertz CT molecular complexity index is 584. The molecule has 1 atom stereocenters. The Labute approximate surface area is 144 Å². The van der Waals surface area contributed by atoms with Crippen LogP contribution in [0.5, 0.6) is 0 Å². The largest absolute Gasteiger partial charge is 0.354 e. The highest BCUT2D eigenvalue weighted by atomic mass is 16.2. The van der Waals surface area contributed by atoms with Crippen molar-refractivity contribution in [3.63, 3.8) is 0 Å². The van der Waals surface area contributed by atoms with Gasteiger partial charge in [0.2, 0.25) is 5.91 Å². The number of amides is 1. The van der Waals surface area contributed by atoms with Crippen molar-refractivity contribution in [3.05, 3.63) is 35.4 Å². The maximum absolute atomic E-state index is 12.4. The summed E-state index contributed by atoms with van der Waals surface area (Å²) in [6.07, 6.45) is 7.41. The summed E-state index contributed by atoms with van der Waals surface area (Å²) in [7, 11) is 0. The first-order chi connectivity index (χ1) is 11.6. The molecule has 4 rings (SSSR count). The summed E-state index contributed by atoms with van der Waals surface area (Å²) in [5.74, 6) is 0.648. The highest BCUT2D eigenvalue weighted by molar-refractivity contribution is 5.86. The maximum Gasteiger partial charge on any atom is 0.240 e. The molecular formula is C20H29N3O. The van der Waals surface area contributed by atoms with Gasteiger partial charge in [-0.2, -0.15) is 0 Å². The minimum absolute atomic E-state index is 0.0757. The third-order valence-corrected chi connectivity index (χ3v) is 6.36. The Kier molecular flexibility index (Phi) is 4.35. The van der Waals surface area contributed by atoms with E-state index in [0.29, 0.717) is 12.0 Å². The lowest BCUT2D eigenvalue weighted by Crippen LogP contribution is -2.52. The number of benzene rings is 1. The highest BCUT2D eigenvalue weighted by Gasteiger charge is 2.38. The lowest BCUT2D eigenvalue weighted by atomic mass is 9.97. The second-order valence-corrected chi connectivity index (χ2v) is 8.05. The van der Waals surface area contributed by atoms with Gasteiger partial charge in [-0.3, -0.25) is 9.69 Å². The number of nitrogens with one attached hydrogen (secondary N) is 1. The van der Waals surface area contributed by atoms with Crippen molar-refractivity contribution in [2.45, 2.75) is 56.5 Å². The topological polar surface area (TPSA) is 58.4 Å². The molecule has 0 radical (unpaired) electrons. The Morgan fingerprint density at radius 2 is 1.88 bits per heavy atom. The van der Waals surface area contributed by atoms with Crippen LogP contribution in [0.3, 0.4) is 0 Å². The fourth-order valence-electron chi connectivity index (χ4n) is 4.80. The lowest BCUT2D eigenvalue weighted by molar-refractivity contribution is -0.126. The van der Waals surface area contributed by atoms with Crippen LogP contribution >= 0.6 is 0 Å². The van der Waals surface area contributed by atoms with Crippen molar-refractivity contribution >= 4 is 5.91 Å². The molecule has 0 aromatic heterocycles. The zero-order chi connectivity index (χ0) is 16.6. The normalized spacial score (nSPS) is 26.6. The molecule has 1 aromatic carbocycles. The van der Waals surface area contributed by atoms with Crippen LogP contribution in [-0.2, 0) is 17.6 Å². The Morgan fingerprint density at radius 3 is 2.54 bits per heavy atom. The zero-order valence-corrected chi connectivity index (χ0v) is 14.5. The van der Waals surface area contributed by atoms with Crippen molar-refractivity contribution in [2.24, 2.45) is 11.7 Å². The minimum atomic E-state index is -0.592. The van der Waals surface area contributed by atoms with Gasteiger partial charge in [-0.1, -0.05) is 37.1 Å². The molecule has 1 saturated heterocycles. The van der Waals surface area contributed by atoms with Gasteiger partial charge in [-0.15, -0.1) is 0 Å². The molecule has 4 heteroatoms. The van der Waals surface area contributed by atoms with Gasteiger partial charge in [0.15, 0.2) is 0 Å². The van der Waals surface area contributed by atoms with E-state index in [-0.39, 0.29) is 5.91 Å². The second kappa shape index (κ2) is 6.49. The van der Waals surface area contributed by atoms with Gasteiger partial charge in [-0.05, 0) is 55.7 Å². The molecule has 1 aliphatic heterocycles. The summed E-state index contributed by atoms with van der Waals surface area (Å²) >= 11 is 0. The zero-order valence-electron chi connectivity index (χ0n) is 14.5. The highest BCUT2D eigenvalue weighted by Crippen LogP contribution is 2.30. The minimum Gasteiger partial charge on any atom is -0.354 e. The molecule has 1 amide bonds. The molecule has 0 unspecified atom stereocenters. The summed E-state index contributed by atoms with van der Waals surface area (Å²) < 4.78 is 0. The van der Waals surface area contributed by atoms with Crippen LogP contribution in [0.15, 0.2) is 24.3 Å². The number of hydrogen-bond acceptors (Lipinski definition) is 3. The predicted octanol–water partition coefficient (Wildman–Crippen LogP) is 1.86. The monoisotopic (exact) mass is 327 g/mol. The molecular weight excluding hydrogens is 298 g/mol. The number of carbonyl (C=O) groups is 1. The van der Waals surface area contributed by atoms with Crippen molar-refractivity contribution in [3.8, 4) is 0 Å². The van der Waals surface area contributed by atoms with Gasteiger partial charge in [0.05, 0.1) is 5.54 Å². The first-order valence-corrected chi connectivity index (χ1v) is 9.52. The van der Waals surface area contributed by atoms with Crippen LogP contribution in [-0.4, -0.2) is 42.0 Å². The molecule has 3 aliphatic rings. The van der Waals surface area contributed by atoms with E-state index in [2.05, 4.69) is 34.5 Å². The molecule has 0 spiro atoms. The van der Waals surface area contributed by atoms with E-state index < -0.39 is 5.54 Å². The van der Waals surface area contributed by atoms with Gasteiger partial charge >= 0.3 is 0 Å². The van der Waals surface area contributed by atoms with Gasteiger partial charge in [0.25, 0.3) is 0 Å². The number of fused-ring (bicyclic) bond motifs is 1. The first kappa shape index (κ1) is 16.1. The average molecular weight is 327 g/mol. The summed E-state index contributed by atoms with van der Waals surface area (Å²) in [6, 6.07) is 9.49. The standard InChI is InChI=1S/C20H29N3O/c21-20(8-3-4-9-20)19(24)22-13-15-7-10-23(14-15)18-11-16-5-1-2-6-17(16)12-18/h1-2,5-6,15,18H,3-4,7-14,21H2,(H,22,24)/t15-/m0/s1. The third-order valence-electron chi connectivity index (χ3n) is 6.36. The lowest BCUT2D eigenvalue weighted by Gasteiger charge is -2.25. The maximum atomic E-state index is 12.4. The number of likely N-dealkylation sites (tertiary alicyclic amines) is 1. The van der Waals surface area contributed by atoms with Crippen LogP contribution < -0.4 is 11.1 Å². The smallest absolute Gasteiger partial charge is 0.240 e. The molecule has 2 aliphatic carbocycles. The van der Waals surface area contributed by atoms with Gasteiger partial charge in [-0.25, -0.2) is 0 Å². The molecule has 4 nitrogen and oxygen atoms in total. The van der Waals surface area contributed by atoms with Crippen molar-refractivity contribution in [1.82, 2.24) is 10.2 Å². The number of nitrogens with two attached hydrogens (primary N) is 1. The van der Waals surface area contributed by atoms with Gasteiger partial charge in [0, 0.05) is 19.1 Å². The summed E-state index contributed by atoms with van der Waals surface area (Å²) in [6.45, 7) is 3.05. The van der Waals surface area contributed by atoms with Crippen LogP contribution in [0.4, 0.5) is 0 Å². The third kappa shape index (κ3) is 3.09. The van der Waals surface area contributed by atoms with Crippen LogP contribution in [0.2, 0.25) is 0 Å². The molecule has 2 fully saturated rings. The summed E-state index contributed by atoms with van der Waals surface area (Å²) in [5.41, 5.74) is 8.69. The first-order valence-electron chi connectivity index (χ1n) is 9.52. The van der Waals surface area contributed by atoms with Crippen molar-refractivity contribution in [1.29, 1.82) is 0 Å². The molecule has 130 valence electrons. The Hall–Kier alpha value is -1.39. The predicted molar refractivity (Wildman–Crippen MR) is 95.7 cm³/mol. The summed E-state index contributed by atoms with van der Waals surface area (Å²) in [4.78, 5) is 15.0. The number of hydrogen-bond donors (Lipinski definition) is 2. The van der Waals surface area contributed by atoms with E-state index in [1.807, 2.05) is 0 Å². The van der Waals surface area contributed by atoms with E-state index in [1.165, 1.54) is 30.4 Å². The Morgan fingerprint density at radius 1 is 1.21 bits per heavy atom. The number of rotatable bonds is 4. The number of carbonyl (C=O) groups excluding carboxylic acids is 1. The van der Waals surface area contributed by atoms with Crippen LogP contribution in [0.1, 0.15) is 43.2 Å². The molecule has 24 heavy (non-hydrogen) atoms. The van der Waals surface area contributed by atoms with Crippen LogP contribution in [0, 0.1) is 5.92 Å².